The molecule has 6 nitrogen and oxygen atoms in total. The van der Waals surface area contributed by atoms with Crippen molar-refractivity contribution in [2.24, 2.45) is 0 Å². The molecule has 38 heavy (non-hydrogen) atoms. The van der Waals surface area contributed by atoms with Crippen LogP contribution in [-0.2, 0) is 21.5 Å². The quantitative estimate of drug-likeness (QED) is 0.385. The number of rotatable bonds is 5. The minimum atomic E-state index is -0.552. The fourth-order valence-electron chi connectivity index (χ4n) is 5.98. The number of H-pyrrole nitrogens is 1. The van der Waals surface area contributed by atoms with Crippen LogP contribution in [0.2, 0.25) is 0 Å². The summed E-state index contributed by atoms with van der Waals surface area (Å²) in [5.41, 5.74) is 4.62. The number of carbonyl (C=O) groups excluding carboxylic acids is 1. The Morgan fingerprint density at radius 2 is 1.84 bits per heavy atom. The number of fused-ring (bicyclic) bond motifs is 3. The van der Waals surface area contributed by atoms with E-state index in [2.05, 4.69) is 15.5 Å². The number of benzene rings is 3. The molecule has 2 unspecified atom stereocenters. The molecule has 1 aromatic heterocycles. The Bertz CT molecular complexity index is 1580. The van der Waals surface area contributed by atoms with Gasteiger partial charge in [-0.15, -0.1) is 0 Å². The van der Waals surface area contributed by atoms with Gasteiger partial charge in [-0.2, -0.15) is 5.10 Å². The van der Waals surface area contributed by atoms with Gasteiger partial charge in [-0.25, -0.2) is 8.78 Å². The molecule has 2 N–H and O–H groups in total. The maximum atomic E-state index is 14.8. The molecule has 2 fully saturated rings. The molecule has 3 heterocycles. The third-order valence-electron chi connectivity index (χ3n) is 8.12. The Labute approximate surface area is 218 Å². The normalized spacial score (nSPS) is 22.9. The van der Waals surface area contributed by atoms with Crippen LogP contribution >= 0.6 is 0 Å². The highest BCUT2D eigenvalue weighted by atomic mass is 19.1. The van der Waals surface area contributed by atoms with Gasteiger partial charge in [-0.3, -0.25) is 14.8 Å². The summed E-state index contributed by atoms with van der Waals surface area (Å²) < 4.78 is 34.9. The highest BCUT2D eigenvalue weighted by Gasteiger charge is 2.65. The van der Waals surface area contributed by atoms with Crippen LogP contribution in [-0.4, -0.2) is 47.3 Å². The molecule has 2 aliphatic heterocycles. The number of carbonyl (C=O) groups is 1. The van der Waals surface area contributed by atoms with Crippen LogP contribution in [0.15, 0.2) is 54.6 Å². The first-order valence-corrected chi connectivity index (χ1v) is 12.9. The largest absolute Gasteiger partial charge is 0.379 e. The summed E-state index contributed by atoms with van der Waals surface area (Å²) >= 11 is 0. The van der Waals surface area contributed by atoms with Crippen molar-refractivity contribution in [3.05, 3.63) is 94.2 Å². The first-order chi connectivity index (χ1) is 18.5. The summed E-state index contributed by atoms with van der Waals surface area (Å²) in [7, 11) is 0. The van der Waals surface area contributed by atoms with Crippen LogP contribution in [0.4, 0.5) is 14.5 Å². The van der Waals surface area contributed by atoms with Gasteiger partial charge in [-0.05, 0) is 53.5 Å². The monoisotopic (exact) mass is 512 g/mol. The number of nitrogens with zero attached hydrogens (tertiary/aromatic N) is 2. The van der Waals surface area contributed by atoms with Crippen molar-refractivity contribution < 1.29 is 18.3 Å². The molecule has 7 rings (SSSR count). The number of aromatic amines is 1. The van der Waals surface area contributed by atoms with Crippen LogP contribution < -0.4 is 5.32 Å². The average Bonchev–Trinajstić information content (AvgIpc) is 3.46. The van der Waals surface area contributed by atoms with Crippen LogP contribution in [0.1, 0.15) is 40.3 Å². The first-order valence-electron chi connectivity index (χ1n) is 12.9. The number of anilines is 1. The van der Waals surface area contributed by atoms with Crippen LogP contribution in [0.3, 0.4) is 0 Å². The van der Waals surface area contributed by atoms with Gasteiger partial charge in [0.25, 0.3) is 0 Å². The Morgan fingerprint density at radius 3 is 2.66 bits per heavy atom. The second-order valence-corrected chi connectivity index (χ2v) is 10.3. The second kappa shape index (κ2) is 8.85. The van der Waals surface area contributed by atoms with E-state index in [1.807, 2.05) is 47.4 Å². The third kappa shape index (κ3) is 3.75. The molecular formula is C30H26F2N4O2. The predicted octanol–water partition coefficient (Wildman–Crippen LogP) is 5.22. The maximum absolute atomic E-state index is 14.8. The fraction of sp³-hybridized carbons (Fsp3) is 0.267. The molecular weight excluding hydrogens is 486 g/mol. The smallest absolute Gasteiger partial charge is 0.235 e. The molecule has 8 heteroatoms. The van der Waals surface area contributed by atoms with E-state index in [0.29, 0.717) is 37.6 Å². The number of amides is 1. The van der Waals surface area contributed by atoms with E-state index in [0.717, 1.165) is 34.1 Å². The molecule has 3 aromatic carbocycles. The van der Waals surface area contributed by atoms with Gasteiger partial charge in [0.1, 0.15) is 11.6 Å². The SMILES string of the molecule is O=C1Nc2ccccc2C12CC2c1ccc2c(/C=C/c3cc(F)c(CN4CCOCC4)c(F)c3)n[nH]c2c1. The lowest BCUT2D eigenvalue weighted by molar-refractivity contribution is -0.118. The highest BCUT2D eigenvalue weighted by molar-refractivity contribution is 6.09. The van der Waals surface area contributed by atoms with Crippen LogP contribution in [0.25, 0.3) is 23.1 Å². The van der Waals surface area contributed by atoms with Crippen molar-refractivity contribution >= 4 is 34.6 Å². The third-order valence-corrected chi connectivity index (χ3v) is 8.12. The average molecular weight is 513 g/mol. The van der Waals surface area contributed by atoms with E-state index in [9.17, 15) is 13.6 Å². The van der Waals surface area contributed by atoms with Crippen molar-refractivity contribution in [3.8, 4) is 0 Å². The van der Waals surface area contributed by atoms with E-state index in [4.69, 9.17) is 4.74 Å². The van der Waals surface area contributed by atoms with Crippen molar-refractivity contribution in [3.63, 3.8) is 0 Å². The zero-order valence-electron chi connectivity index (χ0n) is 20.6. The summed E-state index contributed by atoms with van der Waals surface area (Å²) in [4.78, 5) is 14.8. The van der Waals surface area contributed by atoms with Gasteiger partial charge < -0.3 is 10.1 Å². The lowest BCUT2D eigenvalue weighted by atomic mass is 9.92. The van der Waals surface area contributed by atoms with Gasteiger partial charge in [0, 0.05) is 42.2 Å². The van der Waals surface area contributed by atoms with E-state index < -0.39 is 17.0 Å². The Morgan fingerprint density at radius 1 is 1.05 bits per heavy atom. The molecule has 192 valence electrons. The first kappa shape index (κ1) is 23.3. The lowest BCUT2D eigenvalue weighted by Gasteiger charge is -2.26. The number of ether oxygens (including phenoxy) is 1. The van der Waals surface area contributed by atoms with E-state index in [1.165, 1.54) is 12.1 Å². The van der Waals surface area contributed by atoms with E-state index >= 15 is 0 Å². The van der Waals surface area contributed by atoms with E-state index in [-0.39, 0.29) is 23.9 Å². The summed E-state index contributed by atoms with van der Waals surface area (Å²) in [6.07, 6.45) is 4.21. The molecule has 0 bridgehead atoms. The molecule has 0 radical (unpaired) electrons. The predicted molar refractivity (Wildman–Crippen MR) is 142 cm³/mol. The zero-order chi connectivity index (χ0) is 25.9. The maximum Gasteiger partial charge on any atom is 0.235 e. The lowest BCUT2D eigenvalue weighted by Crippen LogP contribution is -2.36. The molecule has 4 aromatic rings. The number of morpholine rings is 1. The minimum Gasteiger partial charge on any atom is -0.379 e. The summed E-state index contributed by atoms with van der Waals surface area (Å²) in [5, 5.41) is 11.4. The van der Waals surface area contributed by atoms with Crippen LogP contribution in [0, 0.1) is 11.6 Å². The standard InChI is InChI=1S/C30H26F2N4O2/c31-24-13-18(14-25(32)21(24)17-36-9-11-38-12-10-36)5-8-26-20-7-6-19(15-28(20)35-34-26)23-16-30(23)22-3-1-2-4-27(22)33-29(30)37/h1-8,13-15,23H,9-12,16-17H2,(H,33,37)(H,34,35)/b8-5+. The van der Waals surface area contributed by atoms with Gasteiger partial charge in [0.2, 0.25) is 5.91 Å². The molecule has 1 saturated heterocycles. The van der Waals surface area contributed by atoms with E-state index in [1.54, 1.807) is 12.2 Å². The Kier molecular flexibility index (Phi) is 5.42. The number of halogens is 2. The van der Waals surface area contributed by atoms with Gasteiger partial charge in [0.05, 0.1) is 29.8 Å². The van der Waals surface area contributed by atoms with Crippen LogP contribution in [0.5, 0.6) is 0 Å². The number of nitrogens with one attached hydrogen (secondary N) is 2. The topological polar surface area (TPSA) is 70.2 Å². The summed E-state index contributed by atoms with van der Waals surface area (Å²) in [6, 6.07) is 16.7. The van der Waals surface area contributed by atoms with Crippen molar-refractivity contribution in [2.75, 3.05) is 31.6 Å². The van der Waals surface area contributed by atoms with Crippen molar-refractivity contribution in [1.82, 2.24) is 15.1 Å². The number of aromatic nitrogens is 2. The molecule has 1 saturated carbocycles. The minimum absolute atomic E-state index is 0.0625. The van der Waals surface area contributed by atoms with Gasteiger partial charge >= 0.3 is 0 Å². The Hall–Kier alpha value is -3.88. The molecule has 1 spiro atoms. The van der Waals surface area contributed by atoms with Crippen molar-refractivity contribution in [1.29, 1.82) is 0 Å². The molecule has 3 aliphatic rings. The molecule has 2 atom stereocenters. The van der Waals surface area contributed by atoms with Gasteiger partial charge in [0.15, 0.2) is 0 Å². The number of para-hydroxylation sites is 1. The van der Waals surface area contributed by atoms with Gasteiger partial charge in [-0.1, -0.05) is 36.4 Å². The molecule has 1 aliphatic carbocycles. The zero-order valence-corrected chi connectivity index (χ0v) is 20.6. The number of hydrogen-bond acceptors (Lipinski definition) is 4. The second-order valence-electron chi connectivity index (χ2n) is 10.3. The number of hydrogen-bond donors (Lipinski definition) is 2. The Balaban J connectivity index is 1.11. The fourth-order valence-corrected chi connectivity index (χ4v) is 5.98. The molecule has 1 amide bonds. The summed E-state index contributed by atoms with van der Waals surface area (Å²) in [5.74, 6) is -0.931. The summed E-state index contributed by atoms with van der Waals surface area (Å²) in [6.45, 7) is 2.71. The van der Waals surface area contributed by atoms with Crippen molar-refractivity contribution in [2.45, 2.75) is 24.3 Å². The highest BCUT2D eigenvalue weighted by Crippen LogP contribution is 2.64.